The van der Waals surface area contributed by atoms with E-state index in [4.69, 9.17) is 5.53 Å². The first-order valence-electron chi connectivity index (χ1n) is 3.92. The number of Topliss-reactive ketones (excluding diaryl/α,β-unsaturated/α-hetero) is 2. The van der Waals surface area contributed by atoms with E-state index < -0.39 is 5.41 Å². The maximum Gasteiger partial charge on any atom is 0.324 e. The molecule has 0 bridgehead atoms. The van der Waals surface area contributed by atoms with Crippen molar-refractivity contribution in [2.45, 2.75) is 26.2 Å². The van der Waals surface area contributed by atoms with Crippen molar-refractivity contribution in [2.75, 3.05) is 0 Å². The van der Waals surface area contributed by atoms with Crippen molar-refractivity contribution in [3.8, 4) is 0 Å². The third kappa shape index (κ3) is 1.21. The maximum absolute atomic E-state index is 11.2. The zero-order valence-electron chi connectivity index (χ0n) is 6.91. The average molecular weight is 166 g/mol. The van der Waals surface area contributed by atoms with Gasteiger partial charge in [0.2, 0.25) is 5.78 Å². The van der Waals surface area contributed by atoms with Crippen LogP contribution in [0.2, 0.25) is 0 Å². The number of hydrogen-bond acceptors (Lipinski definition) is 2. The molecule has 1 aliphatic carbocycles. The Labute approximate surface area is 70.2 Å². The number of carbonyl (C=O) groups is 2. The third-order valence-corrected chi connectivity index (χ3v) is 2.25. The summed E-state index contributed by atoms with van der Waals surface area (Å²) in [5.74, 6) is -0.413. The second-order valence-electron chi connectivity index (χ2n) is 2.97. The van der Waals surface area contributed by atoms with Crippen LogP contribution in [-0.2, 0) is 9.59 Å². The lowest BCUT2D eigenvalue weighted by atomic mass is 9.94. The van der Waals surface area contributed by atoms with Gasteiger partial charge in [-0.05, 0) is 12.8 Å². The van der Waals surface area contributed by atoms with E-state index in [1.165, 1.54) is 0 Å². The fourth-order valence-electron chi connectivity index (χ4n) is 1.30. The van der Waals surface area contributed by atoms with Crippen LogP contribution in [0.3, 0.4) is 0 Å². The highest BCUT2D eigenvalue weighted by atomic mass is 16.2. The fourth-order valence-corrected chi connectivity index (χ4v) is 1.30. The highest BCUT2D eigenvalue weighted by Crippen LogP contribution is 2.47. The Hall–Kier alpha value is -1.28. The Morgan fingerprint density at radius 1 is 1.58 bits per heavy atom. The van der Waals surface area contributed by atoms with Gasteiger partial charge < -0.3 is 5.53 Å². The molecule has 0 amide bonds. The SMILES string of the molecule is CCC(=O)C1(C(=O)C=[N+]=[N-])CC1. The van der Waals surface area contributed by atoms with Gasteiger partial charge in [0.1, 0.15) is 5.78 Å². The molecule has 1 aliphatic rings. The first-order chi connectivity index (χ1) is 5.67. The van der Waals surface area contributed by atoms with Crippen LogP contribution < -0.4 is 0 Å². The van der Waals surface area contributed by atoms with Gasteiger partial charge in [0.25, 0.3) is 0 Å². The van der Waals surface area contributed by atoms with E-state index in [0.717, 1.165) is 6.21 Å². The average Bonchev–Trinajstić information content (AvgIpc) is 2.84. The lowest BCUT2D eigenvalue weighted by Crippen LogP contribution is -2.26. The predicted molar refractivity (Wildman–Crippen MR) is 41.7 cm³/mol. The molecule has 0 spiro atoms. The first kappa shape index (κ1) is 8.81. The van der Waals surface area contributed by atoms with Crippen molar-refractivity contribution in [1.29, 1.82) is 0 Å². The van der Waals surface area contributed by atoms with Gasteiger partial charge in [-0.15, -0.1) is 0 Å². The molecule has 0 saturated heterocycles. The largest absolute Gasteiger partial charge is 0.361 e. The summed E-state index contributed by atoms with van der Waals surface area (Å²) in [5, 5.41) is 0. The Morgan fingerprint density at radius 2 is 2.17 bits per heavy atom. The smallest absolute Gasteiger partial charge is 0.324 e. The molecule has 0 aromatic carbocycles. The summed E-state index contributed by atoms with van der Waals surface area (Å²) in [7, 11) is 0. The lowest BCUT2D eigenvalue weighted by Gasteiger charge is -2.03. The normalized spacial score (nSPS) is 17.8. The van der Waals surface area contributed by atoms with Crippen molar-refractivity contribution in [3.63, 3.8) is 0 Å². The van der Waals surface area contributed by atoms with Crippen LogP contribution in [0.15, 0.2) is 0 Å². The quantitative estimate of drug-likeness (QED) is 0.266. The van der Waals surface area contributed by atoms with Crippen LogP contribution in [-0.4, -0.2) is 22.6 Å². The Kier molecular flexibility index (Phi) is 2.20. The molecule has 0 unspecified atom stereocenters. The van der Waals surface area contributed by atoms with Crippen molar-refractivity contribution >= 4 is 17.8 Å². The molecule has 0 atom stereocenters. The molecule has 4 heteroatoms. The summed E-state index contributed by atoms with van der Waals surface area (Å²) in [4.78, 5) is 25.1. The molecule has 0 aliphatic heterocycles. The number of rotatable bonds is 4. The van der Waals surface area contributed by atoms with Crippen LogP contribution in [0.1, 0.15) is 26.2 Å². The van der Waals surface area contributed by atoms with E-state index in [1.54, 1.807) is 6.92 Å². The van der Waals surface area contributed by atoms with Crippen LogP contribution in [0.25, 0.3) is 5.53 Å². The second-order valence-corrected chi connectivity index (χ2v) is 2.97. The van der Waals surface area contributed by atoms with Crippen LogP contribution in [0, 0.1) is 5.41 Å². The minimum absolute atomic E-state index is 0.0487. The van der Waals surface area contributed by atoms with Gasteiger partial charge in [-0.1, -0.05) is 6.92 Å². The summed E-state index contributed by atoms with van der Waals surface area (Å²) in [5.41, 5.74) is 7.30. The number of nitrogens with zero attached hydrogens (tertiary/aromatic N) is 2. The van der Waals surface area contributed by atoms with Gasteiger partial charge in [-0.25, -0.2) is 0 Å². The molecular weight excluding hydrogens is 156 g/mol. The van der Waals surface area contributed by atoms with Crippen molar-refractivity contribution in [3.05, 3.63) is 5.53 Å². The van der Waals surface area contributed by atoms with Gasteiger partial charge in [0.15, 0.2) is 0 Å². The Morgan fingerprint density at radius 3 is 2.50 bits per heavy atom. The summed E-state index contributed by atoms with van der Waals surface area (Å²) in [6.07, 6.45) is 2.39. The third-order valence-electron chi connectivity index (χ3n) is 2.25. The van der Waals surface area contributed by atoms with Gasteiger partial charge in [0, 0.05) is 6.42 Å². The molecule has 1 rings (SSSR count). The zero-order valence-corrected chi connectivity index (χ0v) is 6.91. The van der Waals surface area contributed by atoms with E-state index in [-0.39, 0.29) is 11.6 Å². The van der Waals surface area contributed by atoms with E-state index >= 15 is 0 Å². The summed E-state index contributed by atoms with van der Waals surface area (Å²) >= 11 is 0. The summed E-state index contributed by atoms with van der Waals surface area (Å²) in [6, 6.07) is 0. The molecule has 0 heterocycles. The maximum atomic E-state index is 11.2. The number of hydrogen-bond donors (Lipinski definition) is 0. The van der Waals surface area contributed by atoms with Crippen LogP contribution in [0.5, 0.6) is 0 Å². The number of ketones is 2. The predicted octanol–water partition coefficient (Wildman–Crippen LogP) is 0.615. The molecule has 64 valence electrons. The summed E-state index contributed by atoms with van der Waals surface area (Å²) in [6.45, 7) is 1.73. The van der Waals surface area contributed by atoms with Crippen molar-refractivity contribution in [2.24, 2.45) is 5.41 Å². The molecule has 12 heavy (non-hydrogen) atoms. The molecule has 0 aromatic heterocycles. The zero-order chi connectivity index (χ0) is 9.19. The lowest BCUT2D eigenvalue weighted by molar-refractivity contribution is -0.132. The van der Waals surface area contributed by atoms with E-state index in [1.807, 2.05) is 0 Å². The molecule has 1 fully saturated rings. The van der Waals surface area contributed by atoms with E-state index in [2.05, 4.69) is 4.79 Å². The van der Waals surface area contributed by atoms with Crippen molar-refractivity contribution < 1.29 is 14.4 Å². The fraction of sp³-hybridized carbons (Fsp3) is 0.625. The standard InChI is InChI=1S/C8H10N2O2/c1-2-6(11)8(3-4-8)7(12)5-10-9/h5H,2-4H2,1H3. The van der Waals surface area contributed by atoms with Gasteiger partial charge >= 0.3 is 6.21 Å². The van der Waals surface area contributed by atoms with Crippen LogP contribution >= 0.6 is 0 Å². The Bertz CT molecular complexity index is 273. The molecule has 0 N–H and O–H groups in total. The minimum Gasteiger partial charge on any atom is -0.361 e. The molecule has 0 aromatic rings. The Balaban J connectivity index is 2.79. The summed E-state index contributed by atoms with van der Waals surface area (Å²) < 4.78 is 0. The topological polar surface area (TPSA) is 70.5 Å². The highest BCUT2D eigenvalue weighted by molar-refractivity contribution is 6.35. The van der Waals surface area contributed by atoms with Gasteiger partial charge in [-0.3, -0.25) is 9.59 Å². The second kappa shape index (κ2) is 2.99. The van der Waals surface area contributed by atoms with Gasteiger partial charge in [-0.2, -0.15) is 4.79 Å². The van der Waals surface area contributed by atoms with Crippen LogP contribution in [0.4, 0.5) is 0 Å². The molecule has 1 saturated carbocycles. The highest BCUT2D eigenvalue weighted by Gasteiger charge is 2.55. The van der Waals surface area contributed by atoms with Gasteiger partial charge in [0.05, 0.1) is 5.41 Å². The van der Waals surface area contributed by atoms with E-state index in [0.29, 0.717) is 19.3 Å². The van der Waals surface area contributed by atoms with Crippen molar-refractivity contribution in [1.82, 2.24) is 0 Å². The monoisotopic (exact) mass is 166 g/mol. The number of carbonyl (C=O) groups excluding carboxylic acids is 2. The van der Waals surface area contributed by atoms with E-state index in [9.17, 15) is 9.59 Å². The minimum atomic E-state index is -0.818. The molecule has 0 radical (unpaired) electrons. The first-order valence-corrected chi connectivity index (χ1v) is 3.92. The molecular formula is C8H10N2O2. The molecule has 4 nitrogen and oxygen atoms in total.